The first kappa shape index (κ1) is 11.8. The summed E-state index contributed by atoms with van der Waals surface area (Å²) in [5.74, 6) is 0.448. The molecule has 1 aliphatic heterocycles. The maximum Gasteiger partial charge on any atom is 0.260 e. The van der Waals surface area contributed by atoms with Crippen LogP contribution in [-0.2, 0) is 4.79 Å². The highest BCUT2D eigenvalue weighted by Crippen LogP contribution is 2.06. The number of nitrogens with one attached hydrogen (secondary N) is 1. The average Bonchev–Trinajstić information content (AvgIpc) is 2.37. The largest absolute Gasteiger partial charge is 0.467 e. The highest BCUT2D eigenvalue weighted by Gasteiger charge is 2.16. The maximum absolute atomic E-state index is 11.8. The molecule has 0 bridgehead atoms. The van der Waals surface area contributed by atoms with Gasteiger partial charge in [0.25, 0.3) is 5.91 Å². The predicted molar refractivity (Wildman–Crippen MR) is 61.7 cm³/mol. The third kappa shape index (κ3) is 3.39. The first-order valence-corrected chi connectivity index (χ1v) is 5.65. The van der Waals surface area contributed by atoms with Crippen LogP contribution in [0.15, 0.2) is 12.4 Å². The lowest BCUT2D eigenvalue weighted by Gasteiger charge is -2.27. The van der Waals surface area contributed by atoms with Gasteiger partial charge in [-0.05, 0) is 6.92 Å². The number of carbonyl (C=O) groups excluding carboxylic acids is 1. The molecule has 0 atom stereocenters. The fourth-order valence-electron chi connectivity index (χ4n) is 1.65. The zero-order valence-electron chi connectivity index (χ0n) is 9.85. The molecule has 1 fully saturated rings. The SMILES string of the molecule is Cc1cc(OCC(=O)N2CCNCC2)ncn1. The first-order valence-electron chi connectivity index (χ1n) is 5.65. The van der Waals surface area contributed by atoms with Gasteiger partial charge in [-0.15, -0.1) is 0 Å². The van der Waals surface area contributed by atoms with E-state index in [1.54, 1.807) is 11.0 Å². The van der Waals surface area contributed by atoms with Crippen LogP contribution in [0.3, 0.4) is 0 Å². The second-order valence-corrected chi connectivity index (χ2v) is 3.92. The molecule has 0 unspecified atom stereocenters. The van der Waals surface area contributed by atoms with Gasteiger partial charge in [0.2, 0.25) is 5.88 Å². The van der Waals surface area contributed by atoms with Crippen LogP contribution in [-0.4, -0.2) is 53.6 Å². The Kier molecular flexibility index (Phi) is 3.87. The topological polar surface area (TPSA) is 67.3 Å². The summed E-state index contributed by atoms with van der Waals surface area (Å²) >= 11 is 0. The third-order valence-corrected chi connectivity index (χ3v) is 2.59. The van der Waals surface area contributed by atoms with Crippen LogP contribution in [0.25, 0.3) is 0 Å². The van der Waals surface area contributed by atoms with E-state index in [4.69, 9.17) is 4.74 Å². The molecule has 6 heteroatoms. The van der Waals surface area contributed by atoms with Gasteiger partial charge >= 0.3 is 0 Å². The maximum atomic E-state index is 11.8. The van der Waals surface area contributed by atoms with Gasteiger partial charge in [-0.3, -0.25) is 4.79 Å². The molecule has 1 saturated heterocycles. The van der Waals surface area contributed by atoms with Crippen molar-refractivity contribution >= 4 is 5.91 Å². The Morgan fingerprint density at radius 3 is 2.94 bits per heavy atom. The molecular formula is C11H16N4O2. The molecule has 17 heavy (non-hydrogen) atoms. The predicted octanol–water partition coefficient (Wildman–Crippen LogP) is -0.404. The van der Waals surface area contributed by atoms with Crippen molar-refractivity contribution in [1.29, 1.82) is 0 Å². The Hall–Kier alpha value is -1.69. The summed E-state index contributed by atoms with van der Waals surface area (Å²) in [5.41, 5.74) is 0.824. The summed E-state index contributed by atoms with van der Waals surface area (Å²) in [6.07, 6.45) is 1.43. The number of carbonyl (C=O) groups is 1. The molecule has 6 nitrogen and oxygen atoms in total. The van der Waals surface area contributed by atoms with E-state index in [0.29, 0.717) is 5.88 Å². The summed E-state index contributed by atoms with van der Waals surface area (Å²) in [5, 5.41) is 3.20. The standard InChI is InChI=1S/C11H16N4O2/c1-9-6-10(14-8-13-9)17-7-11(16)15-4-2-12-3-5-15/h6,8,12H,2-5,7H2,1H3. The minimum atomic E-state index is 0.00256. The molecule has 0 saturated carbocycles. The van der Waals surface area contributed by atoms with Crippen molar-refractivity contribution < 1.29 is 9.53 Å². The minimum absolute atomic E-state index is 0.00256. The van der Waals surface area contributed by atoms with Crippen molar-refractivity contribution in [2.75, 3.05) is 32.8 Å². The van der Waals surface area contributed by atoms with Crippen molar-refractivity contribution in [3.8, 4) is 5.88 Å². The van der Waals surface area contributed by atoms with E-state index < -0.39 is 0 Å². The number of nitrogens with zero attached hydrogens (tertiary/aromatic N) is 3. The monoisotopic (exact) mass is 236 g/mol. The Bertz CT molecular complexity index is 391. The smallest absolute Gasteiger partial charge is 0.260 e. The molecule has 0 radical (unpaired) electrons. The average molecular weight is 236 g/mol. The highest BCUT2D eigenvalue weighted by atomic mass is 16.5. The van der Waals surface area contributed by atoms with E-state index in [1.807, 2.05) is 6.92 Å². The van der Waals surface area contributed by atoms with Gasteiger partial charge in [0.05, 0.1) is 0 Å². The van der Waals surface area contributed by atoms with Gasteiger partial charge in [-0.2, -0.15) is 0 Å². The third-order valence-electron chi connectivity index (χ3n) is 2.59. The molecule has 0 aromatic carbocycles. The fraction of sp³-hybridized carbons (Fsp3) is 0.545. The molecule has 92 valence electrons. The Labute approximate surface area is 100 Å². The Morgan fingerprint density at radius 1 is 1.47 bits per heavy atom. The molecule has 2 rings (SSSR count). The van der Waals surface area contributed by atoms with E-state index in [1.165, 1.54) is 6.33 Å². The van der Waals surface area contributed by atoms with Gasteiger partial charge in [-0.1, -0.05) is 0 Å². The molecule has 1 amide bonds. The van der Waals surface area contributed by atoms with Gasteiger partial charge in [0.15, 0.2) is 6.61 Å². The Morgan fingerprint density at radius 2 is 2.24 bits per heavy atom. The zero-order chi connectivity index (χ0) is 12.1. The number of piperazine rings is 1. The van der Waals surface area contributed by atoms with Crippen LogP contribution in [0.1, 0.15) is 5.69 Å². The van der Waals surface area contributed by atoms with E-state index in [2.05, 4.69) is 15.3 Å². The molecule has 0 spiro atoms. The second-order valence-electron chi connectivity index (χ2n) is 3.92. The van der Waals surface area contributed by atoms with Crippen LogP contribution in [0, 0.1) is 6.92 Å². The molecule has 1 aromatic rings. The summed E-state index contributed by atoms with van der Waals surface area (Å²) in [6, 6.07) is 1.71. The van der Waals surface area contributed by atoms with E-state index in [0.717, 1.165) is 31.9 Å². The number of rotatable bonds is 3. The lowest BCUT2D eigenvalue weighted by atomic mass is 10.3. The van der Waals surface area contributed by atoms with Crippen molar-refractivity contribution in [1.82, 2.24) is 20.2 Å². The van der Waals surface area contributed by atoms with E-state index >= 15 is 0 Å². The lowest BCUT2D eigenvalue weighted by molar-refractivity contribution is -0.134. The molecular weight excluding hydrogens is 220 g/mol. The number of aryl methyl sites for hydroxylation is 1. The van der Waals surface area contributed by atoms with Crippen molar-refractivity contribution in [3.63, 3.8) is 0 Å². The summed E-state index contributed by atoms with van der Waals surface area (Å²) < 4.78 is 5.34. The molecule has 1 aromatic heterocycles. The second kappa shape index (κ2) is 5.58. The van der Waals surface area contributed by atoms with Gasteiger partial charge in [-0.25, -0.2) is 9.97 Å². The molecule has 2 heterocycles. The number of aromatic nitrogens is 2. The summed E-state index contributed by atoms with van der Waals surface area (Å²) in [6.45, 7) is 5.07. The molecule has 1 N–H and O–H groups in total. The Balaban J connectivity index is 1.83. The summed E-state index contributed by atoms with van der Waals surface area (Å²) in [4.78, 5) is 21.5. The van der Waals surface area contributed by atoms with Crippen LogP contribution >= 0.6 is 0 Å². The van der Waals surface area contributed by atoms with Crippen LogP contribution in [0.4, 0.5) is 0 Å². The lowest BCUT2D eigenvalue weighted by Crippen LogP contribution is -2.47. The van der Waals surface area contributed by atoms with E-state index in [9.17, 15) is 4.79 Å². The van der Waals surface area contributed by atoms with Gasteiger partial charge in [0, 0.05) is 37.9 Å². The highest BCUT2D eigenvalue weighted by molar-refractivity contribution is 5.77. The van der Waals surface area contributed by atoms with Gasteiger partial charge in [0.1, 0.15) is 6.33 Å². The molecule has 0 aliphatic carbocycles. The van der Waals surface area contributed by atoms with Gasteiger partial charge < -0.3 is 15.0 Å². The quantitative estimate of drug-likeness (QED) is 0.773. The summed E-state index contributed by atoms with van der Waals surface area (Å²) in [7, 11) is 0. The van der Waals surface area contributed by atoms with Crippen molar-refractivity contribution in [2.45, 2.75) is 6.92 Å². The van der Waals surface area contributed by atoms with Crippen LogP contribution in [0.2, 0.25) is 0 Å². The number of hydrogen-bond acceptors (Lipinski definition) is 5. The minimum Gasteiger partial charge on any atom is -0.467 e. The van der Waals surface area contributed by atoms with Crippen LogP contribution in [0.5, 0.6) is 5.88 Å². The molecule has 1 aliphatic rings. The number of ether oxygens (including phenoxy) is 1. The van der Waals surface area contributed by atoms with Crippen molar-refractivity contribution in [2.24, 2.45) is 0 Å². The van der Waals surface area contributed by atoms with Crippen LogP contribution < -0.4 is 10.1 Å². The normalized spacial score (nSPS) is 15.7. The van der Waals surface area contributed by atoms with Crippen molar-refractivity contribution in [3.05, 3.63) is 18.1 Å². The number of amides is 1. The fourth-order valence-corrected chi connectivity index (χ4v) is 1.65. The number of hydrogen-bond donors (Lipinski definition) is 1. The van der Waals surface area contributed by atoms with E-state index in [-0.39, 0.29) is 12.5 Å². The zero-order valence-corrected chi connectivity index (χ0v) is 9.85. The first-order chi connectivity index (χ1) is 8.25.